The minimum Gasteiger partial charge on any atom is -0.350 e. The number of rotatable bonds is 7. The SMILES string of the molecule is Cc1nn(CC(=O)NCc2cn(-c3ccccc3)nc2-c2ccncc2)c(C)c1[N+](=O)[O-]. The van der Waals surface area contributed by atoms with Gasteiger partial charge in [0.15, 0.2) is 0 Å². The maximum atomic E-state index is 12.6. The Labute approximate surface area is 183 Å². The zero-order valence-electron chi connectivity index (χ0n) is 17.6. The Bertz CT molecular complexity index is 1260. The summed E-state index contributed by atoms with van der Waals surface area (Å²) in [6.45, 7) is 3.26. The van der Waals surface area contributed by atoms with Crippen LogP contribution < -0.4 is 5.32 Å². The van der Waals surface area contributed by atoms with Crippen LogP contribution in [0, 0.1) is 24.0 Å². The van der Waals surface area contributed by atoms with Crippen molar-refractivity contribution in [3.8, 4) is 16.9 Å². The molecule has 1 amide bonds. The van der Waals surface area contributed by atoms with Crippen molar-refractivity contribution >= 4 is 11.6 Å². The molecular formula is C22H21N7O3. The van der Waals surface area contributed by atoms with Crippen molar-refractivity contribution in [1.29, 1.82) is 0 Å². The summed E-state index contributed by atoms with van der Waals surface area (Å²) in [4.78, 5) is 27.3. The molecule has 10 nitrogen and oxygen atoms in total. The molecule has 3 aromatic heterocycles. The van der Waals surface area contributed by atoms with Crippen LogP contribution in [0.4, 0.5) is 5.69 Å². The summed E-state index contributed by atoms with van der Waals surface area (Å²) in [5, 5.41) is 22.9. The first-order valence-corrected chi connectivity index (χ1v) is 9.93. The number of benzene rings is 1. The summed E-state index contributed by atoms with van der Waals surface area (Å²) in [5.41, 5.74) is 3.90. The molecule has 0 unspecified atom stereocenters. The summed E-state index contributed by atoms with van der Waals surface area (Å²) >= 11 is 0. The molecule has 0 saturated carbocycles. The van der Waals surface area contributed by atoms with Gasteiger partial charge in [0.2, 0.25) is 5.91 Å². The van der Waals surface area contributed by atoms with Crippen LogP contribution in [0.15, 0.2) is 61.1 Å². The Morgan fingerprint density at radius 3 is 2.47 bits per heavy atom. The van der Waals surface area contributed by atoms with Crippen molar-refractivity contribution in [2.75, 3.05) is 0 Å². The molecule has 0 bridgehead atoms. The number of pyridine rings is 1. The van der Waals surface area contributed by atoms with E-state index in [1.165, 1.54) is 4.68 Å². The van der Waals surface area contributed by atoms with E-state index < -0.39 is 4.92 Å². The molecule has 1 N–H and O–H groups in total. The first kappa shape index (κ1) is 20.9. The lowest BCUT2D eigenvalue weighted by atomic mass is 10.1. The van der Waals surface area contributed by atoms with E-state index in [2.05, 4.69) is 15.4 Å². The average Bonchev–Trinajstić information content (AvgIpc) is 3.34. The normalized spacial score (nSPS) is 10.8. The summed E-state index contributed by atoms with van der Waals surface area (Å²) in [6.07, 6.45) is 5.25. The smallest absolute Gasteiger partial charge is 0.312 e. The highest BCUT2D eigenvalue weighted by Gasteiger charge is 2.23. The summed E-state index contributed by atoms with van der Waals surface area (Å²) in [6, 6.07) is 13.4. The van der Waals surface area contributed by atoms with E-state index in [0.717, 1.165) is 22.5 Å². The van der Waals surface area contributed by atoms with Crippen molar-refractivity contribution in [3.63, 3.8) is 0 Å². The highest BCUT2D eigenvalue weighted by Crippen LogP contribution is 2.24. The molecule has 0 aliphatic rings. The van der Waals surface area contributed by atoms with Crippen LogP contribution in [0.5, 0.6) is 0 Å². The van der Waals surface area contributed by atoms with Gasteiger partial charge in [-0.25, -0.2) is 4.68 Å². The van der Waals surface area contributed by atoms with Gasteiger partial charge in [0.25, 0.3) is 0 Å². The Hall–Kier alpha value is -4.34. The molecule has 0 radical (unpaired) electrons. The second kappa shape index (κ2) is 8.80. The van der Waals surface area contributed by atoms with Gasteiger partial charge in [-0.05, 0) is 38.1 Å². The fourth-order valence-electron chi connectivity index (χ4n) is 3.50. The van der Waals surface area contributed by atoms with Crippen molar-refractivity contribution in [3.05, 3.63) is 88.1 Å². The Balaban J connectivity index is 1.55. The predicted molar refractivity (Wildman–Crippen MR) is 117 cm³/mol. The van der Waals surface area contributed by atoms with Crippen LogP contribution in [0.1, 0.15) is 17.0 Å². The minimum atomic E-state index is -0.481. The minimum absolute atomic E-state index is 0.0677. The standard InChI is InChI=1S/C22H21N7O3/c1-15-22(29(31)32)16(2)27(25-15)14-20(30)24-12-18-13-28(19-6-4-3-5-7-19)26-21(18)17-8-10-23-11-9-17/h3-11,13H,12,14H2,1-2H3,(H,24,30). The Morgan fingerprint density at radius 2 is 1.81 bits per heavy atom. The quantitative estimate of drug-likeness (QED) is 0.355. The highest BCUT2D eigenvalue weighted by atomic mass is 16.6. The third-order valence-corrected chi connectivity index (χ3v) is 5.06. The molecule has 0 spiro atoms. The number of nitro groups is 1. The molecule has 32 heavy (non-hydrogen) atoms. The molecule has 0 fully saturated rings. The molecule has 1 aromatic carbocycles. The van der Waals surface area contributed by atoms with Crippen molar-refractivity contribution < 1.29 is 9.72 Å². The molecule has 0 aliphatic heterocycles. The first-order valence-electron chi connectivity index (χ1n) is 9.93. The maximum absolute atomic E-state index is 12.6. The van der Waals surface area contributed by atoms with Crippen molar-refractivity contribution in [1.82, 2.24) is 29.9 Å². The van der Waals surface area contributed by atoms with E-state index in [0.29, 0.717) is 5.69 Å². The monoisotopic (exact) mass is 431 g/mol. The van der Waals surface area contributed by atoms with Crippen LogP contribution in [-0.4, -0.2) is 35.4 Å². The van der Waals surface area contributed by atoms with Crippen LogP contribution in [0.3, 0.4) is 0 Å². The van der Waals surface area contributed by atoms with Gasteiger partial charge in [-0.1, -0.05) is 18.2 Å². The van der Waals surface area contributed by atoms with Gasteiger partial charge < -0.3 is 5.32 Å². The number of aryl methyl sites for hydroxylation is 1. The second-order valence-electron chi connectivity index (χ2n) is 7.23. The topological polar surface area (TPSA) is 121 Å². The fourth-order valence-corrected chi connectivity index (χ4v) is 3.50. The zero-order valence-corrected chi connectivity index (χ0v) is 17.6. The molecule has 0 saturated heterocycles. The summed E-state index contributed by atoms with van der Waals surface area (Å²) in [7, 11) is 0. The lowest BCUT2D eigenvalue weighted by Crippen LogP contribution is -2.28. The number of carbonyl (C=O) groups excluding carboxylic acids is 1. The number of hydrogen-bond acceptors (Lipinski definition) is 6. The number of aromatic nitrogens is 5. The molecule has 10 heteroatoms. The van der Waals surface area contributed by atoms with E-state index in [4.69, 9.17) is 5.10 Å². The number of nitrogens with one attached hydrogen (secondary N) is 1. The van der Waals surface area contributed by atoms with Gasteiger partial charge >= 0.3 is 5.69 Å². The van der Waals surface area contributed by atoms with Crippen LogP contribution in [0.25, 0.3) is 16.9 Å². The van der Waals surface area contributed by atoms with Crippen molar-refractivity contribution in [2.24, 2.45) is 0 Å². The number of para-hydroxylation sites is 1. The third-order valence-electron chi connectivity index (χ3n) is 5.06. The van der Waals surface area contributed by atoms with E-state index in [1.807, 2.05) is 48.7 Å². The maximum Gasteiger partial charge on any atom is 0.312 e. The largest absolute Gasteiger partial charge is 0.350 e. The number of nitrogens with zero attached hydrogens (tertiary/aromatic N) is 6. The highest BCUT2D eigenvalue weighted by molar-refractivity contribution is 5.76. The van der Waals surface area contributed by atoms with E-state index in [-0.39, 0.29) is 30.4 Å². The van der Waals surface area contributed by atoms with Crippen LogP contribution in [0.2, 0.25) is 0 Å². The Kier molecular flexibility index (Phi) is 5.75. The third kappa shape index (κ3) is 4.24. The molecule has 4 rings (SSSR count). The Morgan fingerprint density at radius 1 is 1.09 bits per heavy atom. The fraction of sp³-hybridized carbons (Fsp3) is 0.182. The number of hydrogen-bond donors (Lipinski definition) is 1. The van der Waals surface area contributed by atoms with Gasteiger partial charge in [-0.2, -0.15) is 10.2 Å². The molecular weight excluding hydrogens is 410 g/mol. The number of amides is 1. The first-order chi connectivity index (χ1) is 15.4. The predicted octanol–water partition coefficient (Wildman–Crippen LogP) is 2.97. The molecule has 4 aromatic rings. The van der Waals surface area contributed by atoms with Crippen LogP contribution in [-0.2, 0) is 17.9 Å². The molecule has 0 aliphatic carbocycles. The van der Waals surface area contributed by atoms with Gasteiger partial charge in [-0.3, -0.25) is 24.6 Å². The lowest BCUT2D eigenvalue weighted by Gasteiger charge is -2.07. The van der Waals surface area contributed by atoms with Crippen LogP contribution >= 0.6 is 0 Å². The van der Waals surface area contributed by atoms with E-state index in [9.17, 15) is 14.9 Å². The van der Waals surface area contributed by atoms with Gasteiger partial charge in [0.1, 0.15) is 17.9 Å². The summed E-state index contributed by atoms with van der Waals surface area (Å²) < 4.78 is 3.11. The second-order valence-corrected chi connectivity index (χ2v) is 7.23. The average molecular weight is 431 g/mol. The molecule has 3 heterocycles. The van der Waals surface area contributed by atoms with Gasteiger partial charge in [0, 0.05) is 36.3 Å². The van der Waals surface area contributed by atoms with E-state index >= 15 is 0 Å². The molecule has 0 atom stereocenters. The molecule has 162 valence electrons. The van der Waals surface area contributed by atoms with Gasteiger partial charge in [-0.15, -0.1) is 0 Å². The van der Waals surface area contributed by atoms with Crippen molar-refractivity contribution in [2.45, 2.75) is 26.9 Å². The summed E-state index contributed by atoms with van der Waals surface area (Å²) in [5.74, 6) is -0.307. The lowest BCUT2D eigenvalue weighted by molar-refractivity contribution is -0.386. The van der Waals surface area contributed by atoms with E-state index in [1.54, 1.807) is 30.9 Å². The van der Waals surface area contributed by atoms with Gasteiger partial charge in [0.05, 0.1) is 16.3 Å². The zero-order chi connectivity index (χ0) is 22.7. The number of carbonyl (C=O) groups is 1.